The summed E-state index contributed by atoms with van der Waals surface area (Å²) in [4.78, 5) is 13.8. The van der Waals surface area contributed by atoms with E-state index in [0.717, 1.165) is 13.1 Å². The maximum absolute atomic E-state index is 11.5. The van der Waals surface area contributed by atoms with Gasteiger partial charge in [0.2, 0.25) is 5.91 Å². The number of aliphatic hydroxyl groups is 2. The molecular weight excluding hydrogens is 380 g/mol. The molecule has 1 saturated heterocycles. The van der Waals surface area contributed by atoms with Crippen LogP contribution in [0.2, 0.25) is 5.02 Å². The van der Waals surface area contributed by atoms with Crippen molar-refractivity contribution in [3.8, 4) is 0 Å². The molecule has 3 N–H and O–H groups in total. The fourth-order valence-corrected chi connectivity index (χ4v) is 5.00. The molecule has 4 rings (SSSR count). The Morgan fingerprint density at radius 3 is 2.79 bits per heavy atom. The molecule has 0 unspecified atom stereocenters. The SMILES string of the molecule is O=C(CO)NC[C@@H]1[C@@H](c2ccccc2)[C@]12CN(CCn1cc(Cl)cn1)C[C@@H]2O. The number of likely N-dealkylation sites (tertiary alicyclic amines) is 1. The number of carbonyl (C=O) groups is 1. The van der Waals surface area contributed by atoms with Gasteiger partial charge in [0.05, 0.1) is 23.9 Å². The molecule has 7 nitrogen and oxygen atoms in total. The Kier molecular flexibility index (Phi) is 5.42. The Morgan fingerprint density at radius 1 is 1.32 bits per heavy atom. The minimum absolute atomic E-state index is 0.143. The van der Waals surface area contributed by atoms with Gasteiger partial charge in [0.25, 0.3) is 0 Å². The molecule has 2 fully saturated rings. The van der Waals surface area contributed by atoms with Crippen molar-refractivity contribution < 1.29 is 15.0 Å². The molecule has 8 heteroatoms. The van der Waals surface area contributed by atoms with Gasteiger partial charge in [-0.3, -0.25) is 14.4 Å². The van der Waals surface area contributed by atoms with Gasteiger partial charge in [-0.25, -0.2) is 0 Å². The predicted molar refractivity (Wildman–Crippen MR) is 105 cm³/mol. The van der Waals surface area contributed by atoms with E-state index in [0.29, 0.717) is 24.7 Å². The van der Waals surface area contributed by atoms with Gasteiger partial charge >= 0.3 is 0 Å². The van der Waals surface area contributed by atoms with Gasteiger partial charge in [-0.05, 0) is 17.4 Å². The van der Waals surface area contributed by atoms with Crippen LogP contribution in [0.4, 0.5) is 0 Å². The highest BCUT2D eigenvalue weighted by Gasteiger charge is 2.70. The van der Waals surface area contributed by atoms with Gasteiger partial charge < -0.3 is 15.5 Å². The Bertz CT molecular complexity index is 830. The van der Waals surface area contributed by atoms with E-state index >= 15 is 0 Å². The molecule has 0 radical (unpaired) electrons. The highest BCUT2D eigenvalue weighted by Crippen LogP contribution is 2.68. The van der Waals surface area contributed by atoms with Crippen LogP contribution >= 0.6 is 11.6 Å². The molecule has 1 spiro atoms. The van der Waals surface area contributed by atoms with Crippen LogP contribution in [0.15, 0.2) is 42.7 Å². The molecule has 1 aliphatic carbocycles. The lowest BCUT2D eigenvalue weighted by Gasteiger charge is -2.17. The predicted octanol–water partition coefficient (Wildman–Crippen LogP) is 0.721. The zero-order chi connectivity index (χ0) is 19.7. The zero-order valence-corrected chi connectivity index (χ0v) is 16.3. The largest absolute Gasteiger partial charge is 0.391 e. The molecule has 2 aromatic rings. The summed E-state index contributed by atoms with van der Waals surface area (Å²) in [6.07, 6.45) is 2.95. The van der Waals surface area contributed by atoms with E-state index < -0.39 is 12.7 Å². The molecule has 1 aromatic carbocycles. The summed E-state index contributed by atoms with van der Waals surface area (Å²) in [5.41, 5.74) is 0.914. The van der Waals surface area contributed by atoms with Gasteiger partial charge in [0.1, 0.15) is 6.61 Å². The number of carbonyl (C=O) groups excluding carboxylic acids is 1. The van der Waals surface area contributed by atoms with Crippen molar-refractivity contribution in [2.24, 2.45) is 11.3 Å². The summed E-state index contributed by atoms with van der Waals surface area (Å²) in [6, 6.07) is 10.2. The minimum atomic E-state index is -0.517. The smallest absolute Gasteiger partial charge is 0.245 e. The molecule has 4 atom stereocenters. The third kappa shape index (κ3) is 3.55. The van der Waals surface area contributed by atoms with Crippen LogP contribution in [0.3, 0.4) is 0 Å². The Labute approximate surface area is 168 Å². The molecular formula is C20H25ClN4O3. The number of β-amino-alcohol motifs (C(OH)–C–C–N with tert-alkyl or cyclic N) is 1. The molecule has 1 aromatic heterocycles. The van der Waals surface area contributed by atoms with Crippen LogP contribution in [0.25, 0.3) is 0 Å². The lowest BCUT2D eigenvalue weighted by Crippen LogP contribution is -2.31. The number of hydrogen-bond acceptors (Lipinski definition) is 5. The first-order valence-electron chi connectivity index (χ1n) is 9.55. The number of aromatic nitrogens is 2. The van der Waals surface area contributed by atoms with Crippen LogP contribution < -0.4 is 5.32 Å². The summed E-state index contributed by atoms with van der Waals surface area (Å²) in [5.74, 6) is -0.0508. The normalized spacial score (nSPS) is 29.3. The first-order chi connectivity index (χ1) is 13.5. The van der Waals surface area contributed by atoms with E-state index in [-0.39, 0.29) is 23.2 Å². The van der Waals surface area contributed by atoms with Crippen molar-refractivity contribution in [3.05, 3.63) is 53.3 Å². The maximum Gasteiger partial charge on any atom is 0.245 e. The fraction of sp³-hybridized carbons (Fsp3) is 0.500. The first kappa shape index (κ1) is 19.4. The summed E-state index contributed by atoms with van der Waals surface area (Å²) < 4.78 is 1.81. The highest BCUT2D eigenvalue weighted by atomic mass is 35.5. The second-order valence-corrected chi connectivity index (χ2v) is 8.18. The van der Waals surface area contributed by atoms with E-state index in [9.17, 15) is 9.90 Å². The number of aliphatic hydroxyl groups excluding tert-OH is 2. The maximum atomic E-state index is 11.5. The van der Waals surface area contributed by atoms with Crippen LogP contribution in [0.5, 0.6) is 0 Å². The number of amides is 1. The van der Waals surface area contributed by atoms with Crippen LogP contribution in [-0.2, 0) is 11.3 Å². The monoisotopic (exact) mass is 404 g/mol. The molecule has 1 aliphatic heterocycles. The standard InChI is InChI=1S/C20H25ClN4O3/c21-15-8-23-25(10-15)7-6-24-11-17(27)20(13-24)16(9-22-18(28)12-26)19(20)14-4-2-1-3-5-14/h1-5,8,10,16-17,19,26-27H,6-7,9,11-13H2,(H,22,28)/t16-,17+,19-,20-/m1/s1. The van der Waals surface area contributed by atoms with Crippen molar-refractivity contribution in [1.82, 2.24) is 20.0 Å². The second kappa shape index (κ2) is 7.83. The van der Waals surface area contributed by atoms with Crippen molar-refractivity contribution in [1.29, 1.82) is 0 Å². The molecule has 2 aliphatic rings. The minimum Gasteiger partial charge on any atom is -0.391 e. The number of benzene rings is 1. The summed E-state index contributed by atoms with van der Waals surface area (Å²) in [6.45, 7) is 2.78. The summed E-state index contributed by atoms with van der Waals surface area (Å²) in [7, 11) is 0. The van der Waals surface area contributed by atoms with E-state index in [1.54, 1.807) is 17.1 Å². The second-order valence-electron chi connectivity index (χ2n) is 7.74. The van der Waals surface area contributed by atoms with Gasteiger partial charge in [0.15, 0.2) is 0 Å². The Hall–Kier alpha value is -1.93. The van der Waals surface area contributed by atoms with Crippen molar-refractivity contribution >= 4 is 17.5 Å². The van der Waals surface area contributed by atoms with Crippen molar-refractivity contribution in [3.63, 3.8) is 0 Å². The molecule has 1 saturated carbocycles. The topological polar surface area (TPSA) is 90.6 Å². The van der Waals surface area contributed by atoms with Gasteiger partial charge in [-0.1, -0.05) is 41.9 Å². The average molecular weight is 405 g/mol. The summed E-state index contributed by atoms with van der Waals surface area (Å²) >= 11 is 5.92. The number of nitrogens with zero attached hydrogens (tertiary/aromatic N) is 3. The first-order valence-corrected chi connectivity index (χ1v) is 9.93. The lowest BCUT2D eigenvalue weighted by atomic mass is 9.95. The van der Waals surface area contributed by atoms with Crippen LogP contribution in [-0.4, -0.2) is 69.7 Å². The summed E-state index contributed by atoms with van der Waals surface area (Å²) in [5, 5.41) is 27.6. The van der Waals surface area contributed by atoms with Gasteiger partial charge in [-0.2, -0.15) is 5.10 Å². The quantitative estimate of drug-likeness (QED) is 0.632. The number of nitrogens with one attached hydrogen (secondary N) is 1. The molecule has 28 heavy (non-hydrogen) atoms. The third-order valence-electron chi connectivity index (χ3n) is 6.18. The van der Waals surface area contributed by atoms with E-state index in [1.807, 2.05) is 18.2 Å². The molecule has 2 heterocycles. The number of halogens is 1. The number of rotatable bonds is 7. The average Bonchev–Trinajstić information content (AvgIpc) is 2.93. The lowest BCUT2D eigenvalue weighted by molar-refractivity contribution is -0.123. The van der Waals surface area contributed by atoms with Crippen LogP contribution in [0, 0.1) is 11.3 Å². The van der Waals surface area contributed by atoms with E-state index in [1.165, 1.54) is 5.56 Å². The number of hydrogen-bond donors (Lipinski definition) is 3. The van der Waals surface area contributed by atoms with E-state index in [4.69, 9.17) is 16.7 Å². The Balaban J connectivity index is 1.47. The third-order valence-corrected chi connectivity index (χ3v) is 6.38. The Morgan fingerprint density at radius 2 is 2.11 bits per heavy atom. The fourth-order valence-electron chi connectivity index (χ4n) is 4.85. The molecule has 1 amide bonds. The van der Waals surface area contributed by atoms with Gasteiger partial charge in [-0.15, -0.1) is 0 Å². The van der Waals surface area contributed by atoms with Crippen molar-refractivity contribution in [2.45, 2.75) is 18.6 Å². The highest BCUT2D eigenvalue weighted by molar-refractivity contribution is 6.30. The van der Waals surface area contributed by atoms with E-state index in [2.05, 4.69) is 27.4 Å². The molecule has 150 valence electrons. The van der Waals surface area contributed by atoms with Crippen LogP contribution in [0.1, 0.15) is 11.5 Å². The molecule has 0 bridgehead atoms. The van der Waals surface area contributed by atoms with Crippen molar-refractivity contribution in [2.75, 3.05) is 32.8 Å². The van der Waals surface area contributed by atoms with Gasteiger partial charge in [0, 0.05) is 37.8 Å². The zero-order valence-electron chi connectivity index (χ0n) is 15.5.